The van der Waals surface area contributed by atoms with Gasteiger partial charge in [-0.1, -0.05) is 6.07 Å². The number of carbonyl (C=O) groups is 2. The van der Waals surface area contributed by atoms with Gasteiger partial charge in [0.25, 0.3) is 0 Å². The van der Waals surface area contributed by atoms with Crippen LogP contribution >= 0.6 is 0 Å². The summed E-state index contributed by atoms with van der Waals surface area (Å²) in [5.41, 5.74) is 3.89. The molecule has 1 aliphatic heterocycles. The minimum Gasteiger partial charge on any atom is -0.490 e. The number of hydrogen-bond acceptors (Lipinski definition) is 3. The van der Waals surface area contributed by atoms with E-state index in [0.717, 1.165) is 22.4 Å². The van der Waals surface area contributed by atoms with Crippen LogP contribution in [0.2, 0.25) is 0 Å². The van der Waals surface area contributed by atoms with Gasteiger partial charge in [-0.15, -0.1) is 0 Å². The molecule has 0 unspecified atom stereocenters. The highest BCUT2D eigenvalue weighted by Crippen LogP contribution is 2.35. The average Bonchev–Trinajstić information content (AvgIpc) is 2.53. The van der Waals surface area contributed by atoms with Crippen LogP contribution in [-0.2, 0) is 11.2 Å². The zero-order valence-electron chi connectivity index (χ0n) is 13.6. The molecule has 1 amide bonds. The quantitative estimate of drug-likeness (QED) is 0.898. The van der Waals surface area contributed by atoms with Gasteiger partial charge in [0.2, 0.25) is 5.91 Å². The van der Waals surface area contributed by atoms with E-state index in [-0.39, 0.29) is 17.6 Å². The van der Waals surface area contributed by atoms with Crippen molar-refractivity contribution < 1.29 is 19.4 Å². The van der Waals surface area contributed by atoms with Crippen LogP contribution in [0.25, 0.3) is 11.1 Å². The highest BCUT2D eigenvalue weighted by atomic mass is 16.5. The third-order valence-corrected chi connectivity index (χ3v) is 3.90. The number of fused-ring (bicyclic) bond motifs is 1. The maximum atomic E-state index is 11.5. The van der Waals surface area contributed by atoms with Crippen LogP contribution in [0, 0.1) is 0 Å². The van der Waals surface area contributed by atoms with Crippen molar-refractivity contribution in [1.82, 2.24) is 0 Å². The standard InChI is InChI=1S/C19H19NO4/c1-11(2)24-17-10-14(19(22)23)3-6-15(17)12-4-7-16-13(9-12)5-8-18(21)20-16/h3-4,6-7,9-11H,5,8H2,1-2H3,(H,20,21)(H,22,23). The zero-order valence-corrected chi connectivity index (χ0v) is 13.6. The van der Waals surface area contributed by atoms with E-state index in [0.29, 0.717) is 18.6 Å². The van der Waals surface area contributed by atoms with Crippen molar-refractivity contribution in [1.29, 1.82) is 0 Å². The van der Waals surface area contributed by atoms with Crippen LogP contribution in [0.3, 0.4) is 0 Å². The molecule has 24 heavy (non-hydrogen) atoms. The molecule has 2 aromatic rings. The number of aromatic carboxylic acids is 1. The molecule has 5 nitrogen and oxygen atoms in total. The van der Waals surface area contributed by atoms with Crippen molar-refractivity contribution in [3.8, 4) is 16.9 Å². The molecule has 0 aromatic heterocycles. The number of carboxylic acid groups (broad SMARTS) is 1. The number of ether oxygens (including phenoxy) is 1. The van der Waals surface area contributed by atoms with Gasteiger partial charge in [-0.25, -0.2) is 4.79 Å². The predicted octanol–water partition coefficient (Wildman–Crippen LogP) is 3.72. The van der Waals surface area contributed by atoms with Crippen LogP contribution in [-0.4, -0.2) is 23.1 Å². The Morgan fingerprint density at radius 1 is 1.17 bits per heavy atom. The number of aryl methyl sites for hydroxylation is 1. The van der Waals surface area contributed by atoms with Crippen molar-refractivity contribution in [3.63, 3.8) is 0 Å². The van der Waals surface area contributed by atoms with E-state index in [1.165, 1.54) is 0 Å². The molecule has 0 bridgehead atoms. The van der Waals surface area contributed by atoms with Gasteiger partial charge in [-0.2, -0.15) is 0 Å². The number of nitrogens with one attached hydrogen (secondary N) is 1. The minimum atomic E-state index is -0.983. The van der Waals surface area contributed by atoms with Gasteiger partial charge in [-0.3, -0.25) is 4.79 Å². The van der Waals surface area contributed by atoms with E-state index >= 15 is 0 Å². The monoisotopic (exact) mass is 325 g/mol. The summed E-state index contributed by atoms with van der Waals surface area (Å²) in [5.74, 6) is -0.405. The van der Waals surface area contributed by atoms with E-state index in [1.54, 1.807) is 18.2 Å². The molecule has 0 fully saturated rings. The molecule has 1 heterocycles. The normalized spacial score (nSPS) is 13.4. The molecule has 124 valence electrons. The van der Waals surface area contributed by atoms with Gasteiger partial charge in [0, 0.05) is 17.7 Å². The fraction of sp³-hybridized carbons (Fsp3) is 0.263. The number of rotatable bonds is 4. The third kappa shape index (κ3) is 3.25. The Hall–Kier alpha value is -2.82. The molecule has 0 spiro atoms. The summed E-state index contributed by atoms with van der Waals surface area (Å²) in [5, 5.41) is 12.1. The first-order chi connectivity index (χ1) is 11.4. The highest BCUT2D eigenvalue weighted by Gasteiger charge is 2.17. The van der Waals surface area contributed by atoms with E-state index in [1.807, 2.05) is 32.0 Å². The lowest BCUT2D eigenvalue weighted by molar-refractivity contribution is -0.116. The molecule has 0 aliphatic carbocycles. The van der Waals surface area contributed by atoms with Gasteiger partial charge in [0.15, 0.2) is 0 Å². The van der Waals surface area contributed by atoms with Crippen LogP contribution in [0.5, 0.6) is 5.75 Å². The van der Waals surface area contributed by atoms with E-state index in [4.69, 9.17) is 4.74 Å². The number of anilines is 1. The molecule has 0 radical (unpaired) electrons. The first kappa shape index (κ1) is 16.1. The molecule has 3 rings (SSSR count). The molecule has 0 saturated heterocycles. The summed E-state index contributed by atoms with van der Waals surface area (Å²) >= 11 is 0. The number of amides is 1. The average molecular weight is 325 g/mol. The Morgan fingerprint density at radius 3 is 2.67 bits per heavy atom. The van der Waals surface area contributed by atoms with Crippen molar-refractivity contribution in [2.75, 3.05) is 5.32 Å². The predicted molar refractivity (Wildman–Crippen MR) is 91.6 cm³/mol. The van der Waals surface area contributed by atoms with Gasteiger partial charge in [0.1, 0.15) is 5.75 Å². The van der Waals surface area contributed by atoms with Crippen molar-refractivity contribution in [3.05, 3.63) is 47.5 Å². The summed E-state index contributed by atoms with van der Waals surface area (Å²) in [4.78, 5) is 22.7. The summed E-state index contributed by atoms with van der Waals surface area (Å²) < 4.78 is 5.82. The molecular formula is C19H19NO4. The molecule has 5 heteroatoms. The maximum absolute atomic E-state index is 11.5. The SMILES string of the molecule is CC(C)Oc1cc(C(=O)O)ccc1-c1ccc2c(c1)CCC(=O)N2. The zero-order chi connectivity index (χ0) is 17.3. The van der Waals surface area contributed by atoms with Crippen LogP contribution < -0.4 is 10.1 Å². The Bertz CT molecular complexity index is 811. The number of carbonyl (C=O) groups excluding carboxylic acids is 1. The lowest BCUT2D eigenvalue weighted by Gasteiger charge is -2.19. The molecule has 2 aromatic carbocycles. The second-order valence-corrected chi connectivity index (χ2v) is 6.10. The van der Waals surface area contributed by atoms with E-state index in [2.05, 4.69) is 5.32 Å². The molecule has 0 saturated carbocycles. The van der Waals surface area contributed by atoms with Crippen LogP contribution in [0.4, 0.5) is 5.69 Å². The second kappa shape index (κ2) is 6.35. The minimum absolute atomic E-state index is 0.0323. The summed E-state index contributed by atoms with van der Waals surface area (Å²) in [6.07, 6.45) is 1.11. The lowest BCUT2D eigenvalue weighted by Crippen LogP contribution is -2.18. The molecular weight excluding hydrogens is 306 g/mol. The topological polar surface area (TPSA) is 75.6 Å². The summed E-state index contributed by atoms with van der Waals surface area (Å²) in [7, 11) is 0. The van der Waals surface area contributed by atoms with Crippen molar-refractivity contribution in [2.24, 2.45) is 0 Å². The number of benzene rings is 2. The third-order valence-electron chi connectivity index (χ3n) is 3.90. The Balaban J connectivity index is 2.05. The van der Waals surface area contributed by atoms with E-state index in [9.17, 15) is 14.7 Å². The first-order valence-corrected chi connectivity index (χ1v) is 7.91. The summed E-state index contributed by atoms with van der Waals surface area (Å²) in [6, 6.07) is 10.7. The fourth-order valence-corrected chi connectivity index (χ4v) is 2.80. The number of hydrogen-bond donors (Lipinski definition) is 2. The van der Waals surface area contributed by atoms with Crippen molar-refractivity contribution in [2.45, 2.75) is 32.8 Å². The van der Waals surface area contributed by atoms with Crippen LogP contribution in [0.1, 0.15) is 36.2 Å². The number of carboxylic acids is 1. The first-order valence-electron chi connectivity index (χ1n) is 7.91. The fourth-order valence-electron chi connectivity index (χ4n) is 2.80. The maximum Gasteiger partial charge on any atom is 0.335 e. The second-order valence-electron chi connectivity index (χ2n) is 6.10. The largest absolute Gasteiger partial charge is 0.490 e. The molecule has 2 N–H and O–H groups in total. The highest BCUT2D eigenvalue weighted by molar-refractivity contribution is 5.95. The van der Waals surface area contributed by atoms with Crippen molar-refractivity contribution >= 4 is 17.6 Å². The van der Waals surface area contributed by atoms with Gasteiger partial charge in [-0.05, 0) is 61.7 Å². The smallest absolute Gasteiger partial charge is 0.335 e. The van der Waals surface area contributed by atoms with Gasteiger partial charge in [0.05, 0.1) is 11.7 Å². The van der Waals surface area contributed by atoms with E-state index < -0.39 is 5.97 Å². The van der Waals surface area contributed by atoms with Gasteiger partial charge >= 0.3 is 5.97 Å². The lowest BCUT2D eigenvalue weighted by atomic mass is 9.96. The Labute approximate surface area is 140 Å². The summed E-state index contributed by atoms with van der Waals surface area (Å²) in [6.45, 7) is 3.80. The Morgan fingerprint density at radius 2 is 1.96 bits per heavy atom. The molecule has 1 aliphatic rings. The Kier molecular flexibility index (Phi) is 4.25. The van der Waals surface area contributed by atoms with Gasteiger partial charge < -0.3 is 15.2 Å². The van der Waals surface area contributed by atoms with Crippen LogP contribution in [0.15, 0.2) is 36.4 Å². The molecule has 0 atom stereocenters.